The maximum absolute atomic E-state index is 12.6. The van der Waals surface area contributed by atoms with E-state index >= 15 is 0 Å². The van der Waals surface area contributed by atoms with E-state index in [4.69, 9.17) is 5.73 Å². The van der Waals surface area contributed by atoms with Crippen molar-refractivity contribution in [1.82, 2.24) is 25.7 Å². The molecule has 2 heterocycles. The van der Waals surface area contributed by atoms with Crippen LogP contribution < -0.4 is 21.7 Å². The van der Waals surface area contributed by atoms with Crippen LogP contribution in [-0.2, 0) is 11.8 Å². The summed E-state index contributed by atoms with van der Waals surface area (Å²) in [5, 5.41) is 12.3. The Morgan fingerprint density at radius 1 is 1.27 bits per heavy atom. The second-order valence-corrected chi connectivity index (χ2v) is 7.94. The molecule has 2 atom stereocenters. The quantitative estimate of drug-likeness (QED) is 0.623. The van der Waals surface area contributed by atoms with Crippen molar-refractivity contribution in [3.05, 3.63) is 65.3 Å². The van der Waals surface area contributed by atoms with Crippen LogP contribution in [0.1, 0.15) is 36.4 Å². The van der Waals surface area contributed by atoms with E-state index in [2.05, 4.69) is 58.0 Å². The van der Waals surface area contributed by atoms with Gasteiger partial charge in [0.1, 0.15) is 5.70 Å². The van der Waals surface area contributed by atoms with Crippen molar-refractivity contribution in [2.75, 3.05) is 0 Å². The molecule has 8 nitrogen and oxygen atoms in total. The summed E-state index contributed by atoms with van der Waals surface area (Å²) < 4.78 is 1.89. The summed E-state index contributed by atoms with van der Waals surface area (Å²) in [4.78, 5) is 24.2. The fourth-order valence-corrected chi connectivity index (χ4v) is 4.23. The number of urea groups is 1. The molecule has 0 bridgehead atoms. The van der Waals surface area contributed by atoms with Gasteiger partial charge in [0.2, 0.25) is 0 Å². The predicted molar refractivity (Wildman–Crippen MR) is 114 cm³/mol. The van der Waals surface area contributed by atoms with Crippen molar-refractivity contribution < 1.29 is 9.59 Å². The lowest BCUT2D eigenvalue weighted by atomic mass is 9.96. The average Bonchev–Trinajstić information content (AvgIpc) is 3.30. The van der Waals surface area contributed by atoms with Crippen LogP contribution in [0.2, 0.25) is 0 Å². The van der Waals surface area contributed by atoms with Crippen LogP contribution in [0.25, 0.3) is 11.3 Å². The van der Waals surface area contributed by atoms with Gasteiger partial charge in [0, 0.05) is 13.1 Å². The minimum absolute atomic E-state index is 0.0299. The molecular formula is C22H26N6O2. The second-order valence-electron chi connectivity index (χ2n) is 7.94. The molecule has 156 valence electrons. The lowest BCUT2D eigenvalue weighted by Crippen LogP contribution is -2.48. The van der Waals surface area contributed by atoms with Gasteiger partial charge in [-0.15, -0.1) is 0 Å². The molecule has 5 N–H and O–H groups in total. The molecule has 1 aromatic heterocycles. The molecule has 1 aromatic carbocycles. The highest BCUT2D eigenvalue weighted by Gasteiger charge is 2.30. The van der Waals surface area contributed by atoms with Crippen LogP contribution in [0.3, 0.4) is 0 Å². The lowest BCUT2D eigenvalue weighted by Gasteiger charge is -2.22. The van der Waals surface area contributed by atoms with Crippen molar-refractivity contribution >= 4 is 11.9 Å². The molecule has 2 aromatic rings. The number of amides is 3. The van der Waals surface area contributed by atoms with Crippen molar-refractivity contribution in [2.45, 2.75) is 38.1 Å². The molecule has 30 heavy (non-hydrogen) atoms. The van der Waals surface area contributed by atoms with Crippen LogP contribution in [0.5, 0.6) is 0 Å². The number of nitrogens with two attached hydrogens (primary N) is 1. The molecular weight excluding hydrogens is 380 g/mol. The minimum atomic E-state index is -0.507. The Kier molecular flexibility index (Phi) is 5.07. The molecule has 0 unspecified atom stereocenters. The van der Waals surface area contributed by atoms with Crippen LogP contribution >= 0.6 is 0 Å². The fourth-order valence-electron chi connectivity index (χ4n) is 4.23. The van der Waals surface area contributed by atoms with Crippen molar-refractivity contribution in [3.63, 3.8) is 0 Å². The van der Waals surface area contributed by atoms with Crippen LogP contribution in [-0.4, -0.2) is 27.8 Å². The van der Waals surface area contributed by atoms with E-state index in [1.54, 1.807) is 0 Å². The Morgan fingerprint density at radius 3 is 2.67 bits per heavy atom. The van der Waals surface area contributed by atoms with Gasteiger partial charge >= 0.3 is 6.03 Å². The zero-order chi connectivity index (χ0) is 21.4. The number of aromatic nitrogens is 2. The van der Waals surface area contributed by atoms with E-state index in [1.807, 2.05) is 18.7 Å². The molecule has 4 rings (SSSR count). The summed E-state index contributed by atoms with van der Waals surface area (Å²) in [6, 6.07) is 10.2. The number of carbonyl (C=O) groups is 2. The summed E-state index contributed by atoms with van der Waals surface area (Å²) >= 11 is 0. The first-order chi connectivity index (χ1) is 14.3. The normalized spacial score (nSPS) is 21.4. The van der Waals surface area contributed by atoms with E-state index in [1.165, 1.54) is 5.56 Å². The lowest BCUT2D eigenvalue weighted by molar-refractivity contribution is -0.118. The zero-order valence-electron chi connectivity index (χ0n) is 17.2. The SMILES string of the molecule is C=C1NC(=O)NC(C(=O)N[C@@H]2CC[C@H](c3ccc(-c4cc(C)nn4C)cc3)C2)=C1N. The largest absolute Gasteiger partial charge is 0.395 e. The monoisotopic (exact) mass is 406 g/mol. The van der Waals surface area contributed by atoms with E-state index in [9.17, 15) is 9.59 Å². The third kappa shape index (κ3) is 3.80. The van der Waals surface area contributed by atoms with E-state index in [0.717, 1.165) is 36.2 Å². The Morgan fingerprint density at radius 2 is 2.00 bits per heavy atom. The number of nitrogens with zero attached hydrogens (tertiary/aromatic N) is 2. The molecule has 2 aliphatic rings. The molecule has 0 saturated heterocycles. The summed E-state index contributed by atoms with van der Waals surface area (Å²) in [7, 11) is 1.95. The molecule has 1 saturated carbocycles. The molecule has 1 aliphatic heterocycles. The summed E-state index contributed by atoms with van der Waals surface area (Å²) in [5.41, 5.74) is 10.8. The van der Waals surface area contributed by atoms with Gasteiger partial charge in [0.05, 0.1) is 22.8 Å². The minimum Gasteiger partial charge on any atom is -0.395 e. The molecule has 8 heteroatoms. The first-order valence-corrected chi connectivity index (χ1v) is 10.0. The van der Waals surface area contributed by atoms with E-state index < -0.39 is 6.03 Å². The van der Waals surface area contributed by atoms with Gasteiger partial charge in [-0.2, -0.15) is 5.10 Å². The number of hydrogen-bond donors (Lipinski definition) is 4. The standard InChI is InChI=1S/C22H26N6O2/c1-12-10-18(28(3)27-12)15-6-4-14(5-7-15)16-8-9-17(11-16)25-21(29)20-19(23)13(2)24-22(30)26-20/h4-7,10,16-17H,2,8-9,11,23H2,1,3H3,(H,25,29)(H2,24,26,30)/t16-,17+/m0/s1. The summed E-state index contributed by atoms with van der Waals surface area (Å²) in [5.74, 6) is -0.00222. The van der Waals surface area contributed by atoms with Gasteiger partial charge in [-0.1, -0.05) is 30.8 Å². The molecule has 1 aliphatic carbocycles. The maximum Gasteiger partial charge on any atom is 0.323 e. The number of rotatable bonds is 4. The predicted octanol–water partition coefficient (Wildman–Crippen LogP) is 2.14. The number of carbonyl (C=O) groups excluding carboxylic acids is 2. The second kappa shape index (κ2) is 7.70. The highest BCUT2D eigenvalue weighted by atomic mass is 16.2. The van der Waals surface area contributed by atoms with Crippen molar-refractivity contribution in [2.24, 2.45) is 12.8 Å². The fraction of sp³-hybridized carbons (Fsp3) is 0.318. The Hall–Kier alpha value is -3.55. The van der Waals surface area contributed by atoms with Crippen molar-refractivity contribution in [1.29, 1.82) is 0 Å². The molecule has 3 amide bonds. The van der Waals surface area contributed by atoms with Gasteiger partial charge in [-0.25, -0.2) is 4.79 Å². The third-order valence-corrected chi connectivity index (χ3v) is 5.77. The van der Waals surface area contributed by atoms with Gasteiger partial charge in [-0.05, 0) is 49.3 Å². The van der Waals surface area contributed by atoms with Gasteiger partial charge in [-0.3, -0.25) is 9.48 Å². The average molecular weight is 406 g/mol. The van der Waals surface area contributed by atoms with E-state index in [-0.39, 0.29) is 29.0 Å². The highest BCUT2D eigenvalue weighted by Crippen LogP contribution is 2.35. The number of benzene rings is 1. The smallest absolute Gasteiger partial charge is 0.323 e. The van der Waals surface area contributed by atoms with Crippen LogP contribution in [0.4, 0.5) is 4.79 Å². The van der Waals surface area contributed by atoms with Gasteiger partial charge in [0.25, 0.3) is 5.91 Å². The first kappa shape index (κ1) is 19.8. The zero-order valence-corrected chi connectivity index (χ0v) is 17.2. The Bertz CT molecular complexity index is 1050. The van der Waals surface area contributed by atoms with Gasteiger partial charge < -0.3 is 21.7 Å². The maximum atomic E-state index is 12.6. The third-order valence-electron chi connectivity index (χ3n) is 5.77. The summed E-state index contributed by atoms with van der Waals surface area (Å²) in [6.45, 7) is 5.64. The highest BCUT2D eigenvalue weighted by molar-refractivity contribution is 6.00. The van der Waals surface area contributed by atoms with Gasteiger partial charge in [0.15, 0.2) is 0 Å². The number of aryl methyl sites for hydroxylation is 2. The van der Waals surface area contributed by atoms with Crippen molar-refractivity contribution in [3.8, 4) is 11.3 Å². The Balaban J connectivity index is 1.40. The number of nitrogens with one attached hydrogen (secondary N) is 3. The topological polar surface area (TPSA) is 114 Å². The summed E-state index contributed by atoms with van der Waals surface area (Å²) in [6.07, 6.45) is 2.71. The van der Waals surface area contributed by atoms with Crippen LogP contribution in [0, 0.1) is 6.92 Å². The van der Waals surface area contributed by atoms with E-state index in [0.29, 0.717) is 5.92 Å². The number of hydrogen-bond acceptors (Lipinski definition) is 4. The molecule has 0 radical (unpaired) electrons. The molecule has 0 spiro atoms. The Labute approximate surface area is 175 Å². The van der Waals surface area contributed by atoms with Crippen LogP contribution in [0.15, 0.2) is 54.0 Å². The first-order valence-electron chi connectivity index (χ1n) is 10.0. The molecule has 1 fully saturated rings.